The number of hydrogen-bond donors (Lipinski definition) is 1. The lowest BCUT2D eigenvalue weighted by Crippen LogP contribution is -2.29. The van der Waals surface area contributed by atoms with E-state index in [-0.39, 0.29) is 22.2 Å². The molecule has 4 rings (SSSR count). The van der Waals surface area contributed by atoms with Gasteiger partial charge in [0.05, 0.1) is 42.0 Å². The van der Waals surface area contributed by atoms with Crippen molar-refractivity contribution in [2.45, 2.75) is 59.9 Å². The van der Waals surface area contributed by atoms with Crippen LogP contribution in [0.3, 0.4) is 0 Å². The normalized spacial score (nSPS) is 16.1. The van der Waals surface area contributed by atoms with Crippen molar-refractivity contribution >= 4 is 39.7 Å². The second kappa shape index (κ2) is 13.7. The summed E-state index contributed by atoms with van der Waals surface area (Å²) in [6, 6.07) is 10.9. The van der Waals surface area contributed by atoms with Crippen LogP contribution in [0.4, 0.5) is 5.13 Å². The highest BCUT2D eigenvalue weighted by Gasteiger charge is 2.48. The van der Waals surface area contributed by atoms with Gasteiger partial charge in [-0.25, -0.2) is 4.98 Å². The number of aryl methyl sites for hydroxylation is 1. The minimum atomic E-state index is -1.03. The lowest BCUT2D eigenvalue weighted by atomic mass is 9.95. The van der Waals surface area contributed by atoms with Crippen LogP contribution >= 0.6 is 11.3 Å². The molecule has 1 aliphatic rings. The van der Waals surface area contributed by atoms with Gasteiger partial charge in [-0.15, -0.1) is 0 Å². The standard InChI is InChI=1S/C32H36N2O7S/c1-6-9-17-41-24-15-12-22(18-25(24)39-8-3)27-26(28(36)21-10-13-23(14-11-21)40-16-7-2)29(37)31(38)34(27)32-33-19(4)30(42-32)20(5)35/h10-15,18,27,36H,6-9,16-17H2,1-5H3. The van der Waals surface area contributed by atoms with Crippen molar-refractivity contribution in [2.75, 3.05) is 24.7 Å². The Hall–Kier alpha value is -4.18. The van der Waals surface area contributed by atoms with Crippen LogP contribution in [0, 0.1) is 6.92 Å². The van der Waals surface area contributed by atoms with Gasteiger partial charge in [0, 0.05) is 12.5 Å². The summed E-state index contributed by atoms with van der Waals surface area (Å²) in [5.74, 6) is -0.616. The minimum absolute atomic E-state index is 0.0958. The van der Waals surface area contributed by atoms with Gasteiger partial charge < -0.3 is 19.3 Å². The monoisotopic (exact) mass is 592 g/mol. The average molecular weight is 593 g/mol. The number of ether oxygens (including phenoxy) is 3. The second-order valence-corrected chi connectivity index (χ2v) is 10.8. The van der Waals surface area contributed by atoms with E-state index in [2.05, 4.69) is 11.9 Å². The number of Topliss-reactive ketones (excluding diaryl/α,β-unsaturated/α-hetero) is 2. The Labute approximate surface area is 249 Å². The Morgan fingerprint density at radius 3 is 2.33 bits per heavy atom. The Bertz CT molecular complexity index is 1490. The van der Waals surface area contributed by atoms with Crippen molar-refractivity contribution in [1.82, 2.24) is 4.98 Å². The minimum Gasteiger partial charge on any atom is -0.507 e. The molecule has 2 heterocycles. The largest absolute Gasteiger partial charge is 0.507 e. The number of thiazole rings is 1. The Balaban J connectivity index is 1.88. The van der Waals surface area contributed by atoms with Crippen molar-refractivity contribution in [2.24, 2.45) is 0 Å². The van der Waals surface area contributed by atoms with Crippen LogP contribution < -0.4 is 19.1 Å². The van der Waals surface area contributed by atoms with E-state index in [4.69, 9.17) is 14.2 Å². The molecule has 1 N–H and O–H groups in total. The number of anilines is 1. The number of nitrogens with zero attached hydrogens (tertiary/aromatic N) is 2. The van der Waals surface area contributed by atoms with Gasteiger partial charge in [0.25, 0.3) is 5.78 Å². The molecule has 9 nitrogen and oxygen atoms in total. The van der Waals surface area contributed by atoms with Gasteiger partial charge in [-0.1, -0.05) is 37.7 Å². The second-order valence-electron chi connectivity index (χ2n) is 9.85. The third kappa shape index (κ3) is 6.33. The smallest absolute Gasteiger partial charge is 0.301 e. The summed E-state index contributed by atoms with van der Waals surface area (Å²) in [6.45, 7) is 10.5. The van der Waals surface area contributed by atoms with E-state index in [1.807, 2.05) is 13.8 Å². The van der Waals surface area contributed by atoms with Crippen molar-refractivity contribution in [3.8, 4) is 17.2 Å². The van der Waals surface area contributed by atoms with Crippen LogP contribution in [0.2, 0.25) is 0 Å². The zero-order valence-corrected chi connectivity index (χ0v) is 25.4. The molecule has 1 aromatic heterocycles. The fourth-order valence-corrected chi connectivity index (χ4v) is 5.64. The number of aliphatic hydroxyl groups excluding tert-OH is 1. The zero-order valence-electron chi connectivity index (χ0n) is 24.6. The molecule has 222 valence electrons. The summed E-state index contributed by atoms with van der Waals surface area (Å²) in [5.41, 5.74) is 1.23. The van der Waals surface area contributed by atoms with Crippen molar-refractivity contribution in [3.63, 3.8) is 0 Å². The Kier molecular flexibility index (Phi) is 10.0. The molecule has 10 heteroatoms. The maximum Gasteiger partial charge on any atom is 0.301 e. The van der Waals surface area contributed by atoms with Crippen LogP contribution in [-0.2, 0) is 9.59 Å². The quantitative estimate of drug-likeness (QED) is 0.0772. The third-order valence-corrected chi connectivity index (χ3v) is 7.95. The Morgan fingerprint density at radius 1 is 0.976 bits per heavy atom. The highest BCUT2D eigenvalue weighted by atomic mass is 32.1. The molecule has 0 spiro atoms. The number of hydrogen-bond acceptors (Lipinski definition) is 9. The highest BCUT2D eigenvalue weighted by Crippen LogP contribution is 2.45. The molecule has 1 saturated heterocycles. The fourth-order valence-electron chi connectivity index (χ4n) is 4.65. The molecule has 1 atom stereocenters. The van der Waals surface area contributed by atoms with Gasteiger partial charge in [-0.3, -0.25) is 19.3 Å². The van der Waals surface area contributed by atoms with E-state index in [1.54, 1.807) is 49.4 Å². The van der Waals surface area contributed by atoms with Gasteiger partial charge in [0.15, 0.2) is 22.4 Å². The van der Waals surface area contributed by atoms with Crippen LogP contribution in [0.15, 0.2) is 48.0 Å². The lowest BCUT2D eigenvalue weighted by Gasteiger charge is -2.24. The van der Waals surface area contributed by atoms with Crippen molar-refractivity contribution in [1.29, 1.82) is 0 Å². The molecule has 3 aromatic rings. The molecule has 1 amide bonds. The van der Waals surface area contributed by atoms with Crippen LogP contribution in [0.1, 0.15) is 79.5 Å². The lowest BCUT2D eigenvalue weighted by molar-refractivity contribution is -0.132. The SMILES string of the molecule is CCCCOc1ccc(C2C(=C(O)c3ccc(OCCC)cc3)C(=O)C(=O)N2c2nc(C)c(C(C)=O)s2)cc1OCC. The molecular weight excluding hydrogens is 556 g/mol. The summed E-state index contributed by atoms with van der Waals surface area (Å²) in [5, 5.41) is 11.7. The zero-order chi connectivity index (χ0) is 30.4. The van der Waals surface area contributed by atoms with Crippen LogP contribution in [0.25, 0.3) is 5.76 Å². The number of carbonyl (C=O) groups is 3. The van der Waals surface area contributed by atoms with E-state index in [0.717, 1.165) is 30.6 Å². The number of carbonyl (C=O) groups excluding carboxylic acids is 3. The van der Waals surface area contributed by atoms with Gasteiger partial charge >= 0.3 is 5.91 Å². The Morgan fingerprint density at radius 2 is 1.71 bits per heavy atom. The summed E-state index contributed by atoms with van der Waals surface area (Å²) in [4.78, 5) is 45.5. The van der Waals surface area contributed by atoms with E-state index >= 15 is 0 Å². The number of aromatic nitrogens is 1. The number of benzene rings is 2. The first-order valence-electron chi connectivity index (χ1n) is 14.1. The summed E-state index contributed by atoms with van der Waals surface area (Å²) in [6.07, 6.45) is 2.69. The highest BCUT2D eigenvalue weighted by molar-refractivity contribution is 7.18. The summed E-state index contributed by atoms with van der Waals surface area (Å²) < 4.78 is 17.5. The first-order valence-corrected chi connectivity index (χ1v) is 14.9. The van der Waals surface area contributed by atoms with Crippen molar-refractivity contribution < 1.29 is 33.7 Å². The molecule has 0 aliphatic carbocycles. The number of unbranched alkanes of at least 4 members (excludes halogenated alkanes) is 1. The number of amides is 1. The van der Waals surface area contributed by atoms with E-state index in [0.29, 0.717) is 58.8 Å². The van der Waals surface area contributed by atoms with Gasteiger partial charge in [0.2, 0.25) is 0 Å². The molecule has 1 fully saturated rings. The number of rotatable bonds is 13. The van der Waals surface area contributed by atoms with E-state index in [9.17, 15) is 19.5 Å². The number of ketones is 2. The maximum absolute atomic E-state index is 13.6. The van der Waals surface area contributed by atoms with Crippen molar-refractivity contribution in [3.05, 3.63) is 69.7 Å². The molecule has 1 unspecified atom stereocenters. The molecule has 42 heavy (non-hydrogen) atoms. The fraction of sp³-hybridized carbons (Fsp3) is 0.375. The number of aliphatic hydroxyl groups is 1. The van der Waals surface area contributed by atoms with E-state index in [1.165, 1.54) is 11.8 Å². The summed E-state index contributed by atoms with van der Waals surface area (Å²) >= 11 is 1.03. The first-order chi connectivity index (χ1) is 20.2. The molecule has 1 aliphatic heterocycles. The molecule has 0 bridgehead atoms. The topological polar surface area (TPSA) is 115 Å². The molecular formula is C32H36N2O7S. The van der Waals surface area contributed by atoms with Crippen LogP contribution in [-0.4, -0.2) is 47.4 Å². The maximum atomic E-state index is 13.6. The summed E-state index contributed by atoms with van der Waals surface area (Å²) in [7, 11) is 0. The van der Waals surface area contributed by atoms with Gasteiger partial charge in [-0.2, -0.15) is 0 Å². The van der Waals surface area contributed by atoms with Gasteiger partial charge in [-0.05, 0) is 68.7 Å². The first kappa shape index (κ1) is 30.8. The van der Waals surface area contributed by atoms with Gasteiger partial charge in [0.1, 0.15) is 11.5 Å². The predicted molar refractivity (Wildman–Crippen MR) is 162 cm³/mol. The molecule has 0 saturated carbocycles. The predicted octanol–water partition coefficient (Wildman–Crippen LogP) is 6.65. The average Bonchev–Trinajstić information content (AvgIpc) is 3.49. The molecule has 0 radical (unpaired) electrons. The van der Waals surface area contributed by atoms with Crippen LogP contribution in [0.5, 0.6) is 17.2 Å². The van der Waals surface area contributed by atoms with E-state index < -0.39 is 17.7 Å². The molecule has 2 aromatic carbocycles. The third-order valence-electron chi connectivity index (χ3n) is 6.69.